The molecule has 1 saturated carbocycles. The van der Waals surface area contributed by atoms with Crippen LogP contribution in [0.25, 0.3) is 0 Å². The van der Waals surface area contributed by atoms with Gasteiger partial charge >= 0.3 is 0 Å². The fraction of sp³-hybridized carbons (Fsp3) is 0.577. The molecule has 0 aliphatic heterocycles. The van der Waals surface area contributed by atoms with Crippen LogP contribution in [0, 0.1) is 23.7 Å². The summed E-state index contributed by atoms with van der Waals surface area (Å²) >= 11 is 0. The van der Waals surface area contributed by atoms with Crippen molar-refractivity contribution in [3.8, 4) is 0 Å². The van der Waals surface area contributed by atoms with Crippen molar-refractivity contribution in [3.63, 3.8) is 0 Å². The molecule has 0 radical (unpaired) electrons. The number of carbonyl (C=O) groups excluding carboxylic acids is 1. The van der Waals surface area contributed by atoms with Gasteiger partial charge in [-0.3, -0.25) is 4.79 Å². The largest absolute Gasteiger partial charge is 0.368 e. The normalized spacial score (nSPS) is 17.5. The van der Waals surface area contributed by atoms with E-state index >= 15 is 0 Å². The lowest BCUT2D eigenvalue weighted by Gasteiger charge is -2.27. The summed E-state index contributed by atoms with van der Waals surface area (Å²) in [5, 5.41) is 12.5. The maximum atomic E-state index is 12.1. The number of aromatic nitrogens is 2. The summed E-state index contributed by atoms with van der Waals surface area (Å²) in [6.45, 7) is 4.91. The third-order valence-electron chi connectivity index (χ3n) is 6.82. The molecule has 0 spiro atoms. The molecule has 1 aromatic heterocycles. The van der Waals surface area contributed by atoms with Crippen LogP contribution in [0.5, 0.6) is 0 Å². The molecule has 0 saturated heterocycles. The summed E-state index contributed by atoms with van der Waals surface area (Å²) in [6.07, 6.45) is 8.94. The molecule has 2 aromatic rings. The Morgan fingerprint density at radius 2 is 1.86 bits per heavy atom. The van der Waals surface area contributed by atoms with Gasteiger partial charge < -0.3 is 21.7 Å². The monoisotopic (exact) mass is 481 g/mol. The summed E-state index contributed by atoms with van der Waals surface area (Å²) in [7, 11) is 0. The Hall–Kier alpha value is -3.07. The van der Waals surface area contributed by atoms with E-state index < -0.39 is 0 Å². The Morgan fingerprint density at radius 1 is 1.09 bits per heavy atom. The van der Waals surface area contributed by atoms with Crippen molar-refractivity contribution < 1.29 is 4.79 Å². The minimum absolute atomic E-state index is 0.0724. The van der Waals surface area contributed by atoms with E-state index in [1.165, 1.54) is 17.3 Å². The maximum Gasteiger partial charge on any atom is 0.224 e. The highest BCUT2D eigenvalue weighted by atomic mass is 16.3. The van der Waals surface area contributed by atoms with Gasteiger partial charge in [-0.2, -0.15) is 4.98 Å². The first-order valence-electron chi connectivity index (χ1n) is 12.8. The number of nitrogens with zero attached hydrogens (tertiary/aromatic N) is 3. The van der Waals surface area contributed by atoms with Crippen molar-refractivity contribution in [3.05, 3.63) is 46.5 Å². The van der Waals surface area contributed by atoms with E-state index in [-0.39, 0.29) is 11.6 Å². The third kappa shape index (κ3) is 8.90. The van der Waals surface area contributed by atoms with Crippen molar-refractivity contribution in [2.24, 2.45) is 22.7 Å². The molecule has 5 N–H and O–H groups in total. The van der Waals surface area contributed by atoms with E-state index in [4.69, 9.17) is 5.73 Å². The predicted octanol–water partition coefficient (Wildman–Crippen LogP) is 4.30. The minimum atomic E-state index is 0.0724. The standard InChI is InChI=1S/C26H39N7O2/c1-19-6-2-3-7-22(19)13-15-28-24(34)8-4-5-14-29-26-31-18-23(33-35)25(32-26)30-17-21-11-9-20(16-27)10-12-21/h2-3,6-7,18,20-21H,4-5,8-17,27H2,1H3,(H,28,34)(H2,29,30,31,32). The van der Waals surface area contributed by atoms with Gasteiger partial charge in [0.25, 0.3) is 0 Å². The lowest BCUT2D eigenvalue weighted by molar-refractivity contribution is -0.121. The first-order valence-corrected chi connectivity index (χ1v) is 12.8. The zero-order valence-electron chi connectivity index (χ0n) is 20.8. The van der Waals surface area contributed by atoms with Gasteiger partial charge in [-0.05, 0) is 86.6 Å². The Balaban J connectivity index is 1.33. The topological polar surface area (TPSA) is 134 Å². The number of amides is 1. The van der Waals surface area contributed by atoms with Crippen LogP contribution < -0.4 is 21.7 Å². The maximum absolute atomic E-state index is 12.1. The first-order chi connectivity index (χ1) is 17.1. The Bertz CT molecular complexity index is 945. The van der Waals surface area contributed by atoms with E-state index in [1.807, 2.05) is 12.1 Å². The Morgan fingerprint density at radius 3 is 2.60 bits per heavy atom. The van der Waals surface area contributed by atoms with Crippen molar-refractivity contribution >= 4 is 23.4 Å². The van der Waals surface area contributed by atoms with Gasteiger partial charge in [-0.25, -0.2) is 4.98 Å². The first kappa shape index (κ1) is 26.5. The molecule has 0 atom stereocenters. The van der Waals surface area contributed by atoms with Gasteiger partial charge in [0, 0.05) is 26.1 Å². The van der Waals surface area contributed by atoms with Gasteiger partial charge in [0.05, 0.1) is 6.20 Å². The number of benzene rings is 1. The summed E-state index contributed by atoms with van der Waals surface area (Å²) in [6, 6.07) is 8.24. The number of nitrogens with one attached hydrogen (secondary N) is 3. The van der Waals surface area contributed by atoms with Crippen LogP contribution in [0.1, 0.15) is 56.1 Å². The minimum Gasteiger partial charge on any atom is -0.368 e. The van der Waals surface area contributed by atoms with E-state index in [9.17, 15) is 9.70 Å². The van der Waals surface area contributed by atoms with Crippen LogP contribution in [0.15, 0.2) is 35.6 Å². The average molecular weight is 482 g/mol. The number of nitrogens with two attached hydrogens (primary N) is 1. The molecule has 1 heterocycles. The second kappa shape index (κ2) is 14.4. The van der Waals surface area contributed by atoms with E-state index in [0.717, 1.165) is 58.0 Å². The van der Waals surface area contributed by atoms with Crippen molar-refractivity contribution in [1.29, 1.82) is 0 Å². The number of nitroso groups, excluding NO2 is 1. The highest BCUT2D eigenvalue weighted by Crippen LogP contribution is 2.29. The van der Waals surface area contributed by atoms with Gasteiger partial charge in [-0.15, -0.1) is 4.91 Å². The van der Waals surface area contributed by atoms with Gasteiger partial charge in [0.15, 0.2) is 11.5 Å². The number of carbonyl (C=O) groups is 1. The number of unbranched alkanes of at least 4 members (excludes halogenated alkanes) is 1. The highest BCUT2D eigenvalue weighted by Gasteiger charge is 2.20. The number of rotatable bonds is 14. The summed E-state index contributed by atoms with van der Waals surface area (Å²) in [5.41, 5.74) is 8.51. The van der Waals surface area contributed by atoms with Crippen molar-refractivity contribution in [1.82, 2.24) is 15.3 Å². The Labute approximate surface area is 208 Å². The molecule has 35 heavy (non-hydrogen) atoms. The average Bonchev–Trinajstić information content (AvgIpc) is 2.88. The van der Waals surface area contributed by atoms with Gasteiger partial charge in [0.2, 0.25) is 11.9 Å². The summed E-state index contributed by atoms with van der Waals surface area (Å²) in [5.74, 6) is 2.17. The van der Waals surface area contributed by atoms with E-state index in [1.54, 1.807) is 0 Å². The van der Waals surface area contributed by atoms with Crippen LogP contribution >= 0.6 is 0 Å². The molecule has 0 unspecified atom stereocenters. The zero-order chi connectivity index (χ0) is 24.9. The lowest BCUT2D eigenvalue weighted by Crippen LogP contribution is -2.25. The number of aryl methyl sites for hydroxylation is 1. The zero-order valence-corrected chi connectivity index (χ0v) is 20.8. The fourth-order valence-electron chi connectivity index (χ4n) is 4.50. The number of anilines is 2. The van der Waals surface area contributed by atoms with E-state index in [0.29, 0.717) is 43.1 Å². The lowest BCUT2D eigenvalue weighted by atomic mass is 9.82. The molecular formula is C26H39N7O2. The molecule has 1 aliphatic rings. The Kier molecular flexibility index (Phi) is 10.9. The molecule has 9 heteroatoms. The quantitative estimate of drug-likeness (QED) is 0.233. The fourth-order valence-corrected chi connectivity index (χ4v) is 4.50. The third-order valence-corrected chi connectivity index (χ3v) is 6.82. The molecule has 0 bridgehead atoms. The van der Waals surface area contributed by atoms with Crippen molar-refractivity contribution in [2.45, 2.75) is 58.3 Å². The second-order valence-corrected chi connectivity index (χ2v) is 9.43. The number of hydrogen-bond acceptors (Lipinski definition) is 8. The van der Waals surface area contributed by atoms with Gasteiger partial charge in [-0.1, -0.05) is 24.3 Å². The van der Waals surface area contributed by atoms with Crippen molar-refractivity contribution in [2.75, 3.05) is 36.8 Å². The molecule has 190 valence electrons. The molecule has 9 nitrogen and oxygen atoms in total. The molecule has 1 aromatic carbocycles. The smallest absolute Gasteiger partial charge is 0.224 e. The highest BCUT2D eigenvalue weighted by molar-refractivity contribution is 5.75. The van der Waals surface area contributed by atoms with Crippen LogP contribution in [0.4, 0.5) is 17.5 Å². The van der Waals surface area contributed by atoms with Crippen LogP contribution in [-0.4, -0.2) is 42.1 Å². The summed E-state index contributed by atoms with van der Waals surface area (Å²) < 4.78 is 0. The molecule has 1 amide bonds. The second-order valence-electron chi connectivity index (χ2n) is 9.43. The van der Waals surface area contributed by atoms with E-state index in [2.05, 4.69) is 50.2 Å². The SMILES string of the molecule is Cc1ccccc1CCNC(=O)CCCCNc1ncc(N=O)c(NCC2CCC(CN)CC2)n1. The molecule has 1 fully saturated rings. The van der Waals surface area contributed by atoms with Crippen LogP contribution in [0.3, 0.4) is 0 Å². The predicted molar refractivity (Wildman–Crippen MR) is 141 cm³/mol. The van der Waals surface area contributed by atoms with Crippen LogP contribution in [-0.2, 0) is 11.2 Å². The molecule has 3 rings (SSSR count). The van der Waals surface area contributed by atoms with Gasteiger partial charge in [0.1, 0.15) is 0 Å². The van der Waals surface area contributed by atoms with Crippen LogP contribution in [0.2, 0.25) is 0 Å². The molecule has 1 aliphatic carbocycles. The summed E-state index contributed by atoms with van der Waals surface area (Å²) in [4.78, 5) is 31.9. The molecular weight excluding hydrogens is 442 g/mol. The number of hydrogen-bond donors (Lipinski definition) is 4.